The lowest BCUT2D eigenvalue weighted by Gasteiger charge is -2.40. The monoisotopic (exact) mass is 462 g/mol. The van der Waals surface area contributed by atoms with Crippen molar-refractivity contribution in [3.63, 3.8) is 0 Å². The van der Waals surface area contributed by atoms with Crippen LogP contribution >= 0.6 is 0 Å². The smallest absolute Gasteiger partial charge is 0.317 e. The Morgan fingerprint density at radius 2 is 1.74 bits per heavy atom. The van der Waals surface area contributed by atoms with E-state index in [4.69, 9.17) is 4.74 Å². The molecule has 0 spiro atoms. The van der Waals surface area contributed by atoms with Crippen LogP contribution in [0.3, 0.4) is 0 Å². The van der Waals surface area contributed by atoms with E-state index in [0.717, 1.165) is 42.6 Å². The molecule has 2 heterocycles. The number of nitrogens with one attached hydrogen (secondary N) is 2. The van der Waals surface area contributed by atoms with Gasteiger partial charge < -0.3 is 25.2 Å². The van der Waals surface area contributed by atoms with Gasteiger partial charge in [-0.25, -0.2) is 4.79 Å². The highest BCUT2D eigenvalue weighted by molar-refractivity contribution is 6.10. The maximum Gasteiger partial charge on any atom is 0.317 e. The molecular formula is C26H30N4O4. The maximum atomic E-state index is 13.5. The fourth-order valence-corrected chi connectivity index (χ4v) is 5.11. The van der Waals surface area contributed by atoms with Crippen LogP contribution in [0.25, 0.3) is 11.1 Å². The van der Waals surface area contributed by atoms with Gasteiger partial charge >= 0.3 is 6.03 Å². The fraction of sp³-hybridized carbons (Fsp3) is 0.423. The third-order valence-corrected chi connectivity index (χ3v) is 7.10. The number of amides is 4. The van der Waals surface area contributed by atoms with Gasteiger partial charge in [0.05, 0.1) is 24.9 Å². The molecule has 3 aliphatic rings. The number of carbonyl (C=O) groups excluding carboxylic acids is 3. The van der Waals surface area contributed by atoms with E-state index >= 15 is 0 Å². The Morgan fingerprint density at radius 1 is 1.00 bits per heavy atom. The first-order chi connectivity index (χ1) is 16.5. The van der Waals surface area contributed by atoms with Crippen molar-refractivity contribution < 1.29 is 19.1 Å². The molecule has 8 heteroatoms. The Balaban J connectivity index is 1.34. The largest absolute Gasteiger partial charge is 0.497 e. The summed E-state index contributed by atoms with van der Waals surface area (Å²) in [6.45, 7) is 0.915. The average Bonchev–Trinajstić information content (AvgIpc) is 2.98. The van der Waals surface area contributed by atoms with Crippen molar-refractivity contribution in [3.05, 3.63) is 48.0 Å². The fourth-order valence-electron chi connectivity index (χ4n) is 5.11. The van der Waals surface area contributed by atoms with Crippen LogP contribution in [-0.2, 0) is 4.79 Å². The minimum Gasteiger partial charge on any atom is -0.497 e. The van der Waals surface area contributed by atoms with Crippen molar-refractivity contribution in [2.24, 2.45) is 0 Å². The molecular weight excluding hydrogens is 432 g/mol. The highest BCUT2D eigenvalue weighted by Crippen LogP contribution is 2.31. The van der Waals surface area contributed by atoms with Crippen molar-refractivity contribution >= 4 is 23.5 Å². The lowest BCUT2D eigenvalue weighted by molar-refractivity contribution is -0.121. The van der Waals surface area contributed by atoms with Gasteiger partial charge in [0.1, 0.15) is 11.8 Å². The number of methoxy groups -OCH3 is 1. The standard InChI is InChI=1S/C26H30N4O4/c1-34-20-10-7-17(8-11-20)18-9-12-22-21(15-18)25(32)30-14-13-29(16-23(30)24(31)28-22)26(33)27-19-5-3-2-4-6-19/h7-12,15,19,23H,2-6,13-14,16H2,1H3,(H,27,33)(H,28,31)/t23-/m1/s1. The molecule has 0 bridgehead atoms. The first-order valence-electron chi connectivity index (χ1n) is 12.0. The number of anilines is 1. The summed E-state index contributed by atoms with van der Waals surface area (Å²) in [4.78, 5) is 42.7. The molecule has 178 valence electrons. The van der Waals surface area contributed by atoms with Gasteiger partial charge in [0.2, 0.25) is 5.91 Å². The third kappa shape index (κ3) is 4.32. The molecule has 2 aromatic rings. The summed E-state index contributed by atoms with van der Waals surface area (Å²) < 4.78 is 5.23. The molecule has 2 aromatic carbocycles. The summed E-state index contributed by atoms with van der Waals surface area (Å²) in [5.74, 6) is 0.301. The Labute approximate surface area is 199 Å². The lowest BCUT2D eigenvalue weighted by atomic mass is 9.96. The summed E-state index contributed by atoms with van der Waals surface area (Å²) in [5.41, 5.74) is 2.80. The van der Waals surface area contributed by atoms with E-state index in [0.29, 0.717) is 24.3 Å². The highest BCUT2D eigenvalue weighted by Gasteiger charge is 2.40. The van der Waals surface area contributed by atoms with Gasteiger partial charge in [0, 0.05) is 19.1 Å². The number of ether oxygens (including phenoxy) is 1. The van der Waals surface area contributed by atoms with Crippen molar-refractivity contribution in [2.75, 3.05) is 32.1 Å². The van der Waals surface area contributed by atoms with E-state index in [9.17, 15) is 14.4 Å². The Hall–Kier alpha value is -3.55. The molecule has 0 aromatic heterocycles. The Morgan fingerprint density at radius 3 is 2.47 bits per heavy atom. The van der Waals surface area contributed by atoms with Crippen LogP contribution < -0.4 is 15.4 Å². The van der Waals surface area contributed by atoms with Crippen LogP contribution in [0.5, 0.6) is 5.75 Å². The molecule has 1 saturated heterocycles. The van der Waals surface area contributed by atoms with Crippen LogP contribution in [0.1, 0.15) is 42.5 Å². The van der Waals surface area contributed by atoms with E-state index in [2.05, 4.69) is 10.6 Å². The number of piperazine rings is 1. The summed E-state index contributed by atoms with van der Waals surface area (Å²) in [5, 5.41) is 6.03. The average molecular weight is 463 g/mol. The van der Waals surface area contributed by atoms with Gasteiger partial charge in [-0.05, 0) is 48.2 Å². The van der Waals surface area contributed by atoms with Crippen LogP contribution in [0.15, 0.2) is 42.5 Å². The van der Waals surface area contributed by atoms with Crippen molar-refractivity contribution in [1.82, 2.24) is 15.1 Å². The zero-order valence-electron chi connectivity index (χ0n) is 19.4. The number of nitrogens with zero attached hydrogens (tertiary/aromatic N) is 2. The number of fused-ring (bicyclic) bond motifs is 2. The predicted octanol–water partition coefficient (Wildman–Crippen LogP) is 3.48. The zero-order chi connectivity index (χ0) is 23.7. The second-order valence-corrected chi connectivity index (χ2v) is 9.22. The zero-order valence-corrected chi connectivity index (χ0v) is 19.4. The topological polar surface area (TPSA) is 91.0 Å². The minimum absolute atomic E-state index is 0.143. The second-order valence-electron chi connectivity index (χ2n) is 9.22. The molecule has 2 N–H and O–H groups in total. The summed E-state index contributed by atoms with van der Waals surface area (Å²) in [7, 11) is 1.62. The van der Waals surface area contributed by atoms with E-state index in [1.807, 2.05) is 36.4 Å². The second kappa shape index (κ2) is 9.37. The van der Waals surface area contributed by atoms with Crippen LogP contribution in [0.2, 0.25) is 0 Å². The third-order valence-electron chi connectivity index (χ3n) is 7.10. The van der Waals surface area contributed by atoms with E-state index in [1.54, 1.807) is 23.0 Å². The number of urea groups is 1. The summed E-state index contributed by atoms with van der Waals surface area (Å²) >= 11 is 0. The van der Waals surface area contributed by atoms with Crippen molar-refractivity contribution in [3.8, 4) is 16.9 Å². The molecule has 2 fully saturated rings. The SMILES string of the molecule is COc1ccc(-c2ccc3c(c2)C(=O)N2CCN(C(=O)NC4CCCCC4)C[C@@H]2C(=O)N3)cc1. The molecule has 5 rings (SSSR count). The first kappa shape index (κ1) is 22.3. The van der Waals surface area contributed by atoms with Crippen molar-refractivity contribution in [1.29, 1.82) is 0 Å². The van der Waals surface area contributed by atoms with Gasteiger partial charge in [-0.1, -0.05) is 37.5 Å². The Bertz CT molecular complexity index is 1090. The van der Waals surface area contributed by atoms with Gasteiger partial charge in [0.25, 0.3) is 5.91 Å². The molecule has 8 nitrogen and oxygen atoms in total. The van der Waals surface area contributed by atoms with Gasteiger partial charge in [-0.3, -0.25) is 9.59 Å². The van der Waals surface area contributed by atoms with Crippen LogP contribution in [0.4, 0.5) is 10.5 Å². The van der Waals surface area contributed by atoms with Gasteiger partial charge in [0.15, 0.2) is 0 Å². The van der Waals surface area contributed by atoms with Gasteiger partial charge in [-0.15, -0.1) is 0 Å². The van der Waals surface area contributed by atoms with E-state index in [-0.39, 0.29) is 30.4 Å². The molecule has 2 aliphatic heterocycles. The van der Waals surface area contributed by atoms with E-state index in [1.165, 1.54) is 6.42 Å². The number of rotatable bonds is 3. The first-order valence-corrected chi connectivity index (χ1v) is 12.0. The van der Waals surface area contributed by atoms with Gasteiger partial charge in [-0.2, -0.15) is 0 Å². The Kier molecular flexibility index (Phi) is 6.13. The van der Waals surface area contributed by atoms with Crippen LogP contribution in [0, 0.1) is 0 Å². The minimum atomic E-state index is -0.713. The number of hydrogen-bond donors (Lipinski definition) is 2. The number of benzene rings is 2. The van der Waals surface area contributed by atoms with Crippen LogP contribution in [-0.4, -0.2) is 66.5 Å². The van der Waals surface area contributed by atoms with Crippen molar-refractivity contribution in [2.45, 2.75) is 44.2 Å². The molecule has 4 amide bonds. The summed E-state index contributed by atoms with van der Waals surface area (Å²) in [6.07, 6.45) is 5.49. The molecule has 1 saturated carbocycles. The number of hydrogen-bond acceptors (Lipinski definition) is 4. The summed E-state index contributed by atoms with van der Waals surface area (Å²) in [6, 6.07) is 12.5. The number of carbonyl (C=O) groups is 3. The normalized spacial score (nSPS) is 20.7. The molecule has 1 atom stereocenters. The quantitative estimate of drug-likeness (QED) is 0.731. The van der Waals surface area contributed by atoms with E-state index < -0.39 is 6.04 Å². The molecule has 1 aliphatic carbocycles. The lowest BCUT2D eigenvalue weighted by Crippen LogP contribution is -2.61. The molecule has 0 unspecified atom stereocenters. The highest BCUT2D eigenvalue weighted by atomic mass is 16.5. The molecule has 0 radical (unpaired) electrons. The maximum absolute atomic E-state index is 13.5. The predicted molar refractivity (Wildman–Crippen MR) is 129 cm³/mol. The molecule has 34 heavy (non-hydrogen) atoms.